The van der Waals surface area contributed by atoms with Gasteiger partial charge in [0.05, 0.1) is 13.0 Å². The van der Waals surface area contributed by atoms with E-state index in [1.54, 1.807) is 11.8 Å². The molecule has 0 saturated carbocycles. The predicted molar refractivity (Wildman–Crippen MR) is 65.0 cm³/mol. The maximum Gasteiger partial charge on any atom is 0.307 e. The second-order valence-electron chi connectivity index (χ2n) is 3.26. The standard InChI is InChI=1S/C12H16O3S/c1-2-15-7-8-16-11-5-3-10(4-6-11)9-12(13)14/h3-6H,2,7-9H2,1H3,(H,13,14). The number of hydrogen-bond donors (Lipinski definition) is 1. The molecule has 1 aromatic rings. The molecule has 0 aliphatic carbocycles. The van der Waals surface area contributed by atoms with Gasteiger partial charge in [0.15, 0.2) is 0 Å². The minimum atomic E-state index is -0.795. The molecule has 3 nitrogen and oxygen atoms in total. The fourth-order valence-corrected chi connectivity index (χ4v) is 2.01. The number of aliphatic carboxylic acids is 1. The average molecular weight is 240 g/mol. The average Bonchev–Trinajstić information content (AvgIpc) is 2.26. The number of hydrogen-bond acceptors (Lipinski definition) is 3. The molecule has 0 unspecified atom stereocenters. The Balaban J connectivity index is 2.36. The van der Waals surface area contributed by atoms with Gasteiger partial charge in [0.25, 0.3) is 0 Å². The molecular formula is C12H16O3S. The van der Waals surface area contributed by atoms with Crippen LogP contribution in [0.5, 0.6) is 0 Å². The van der Waals surface area contributed by atoms with E-state index in [2.05, 4.69) is 0 Å². The summed E-state index contributed by atoms with van der Waals surface area (Å²) in [7, 11) is 0. The second-order valence-corrected chi connectivity index (χ2v) is 4.43. The molecule has 0 heterocycles. The summed E-state index contributed by atoms with van der Waals surface area (Å²) in [4.78, 5) is 11.6. The molecule has 0 fully saturated rings. The summed E-state index contributed by atoms with van der Waals surface area (Å²) in [5, 5.41) is 8.61. The number of carboxylic acids is 1. The van der Waals surface area contributed by atoms with Crippen molar-refractivity contribution in [2.45, 2.75) is 18.2 Å². The van der Waals surface area contributed by atoms with E-state index >= 15 is 0 Å². The SMILES string of the molecule is CCOCCSc1ccc(CC(=O)O)cc1. The third-order valence-electron chi connectivity index (χ3n) is 1.98. The van der Waals surface area contributed by atoms with Gasteiger partial charge in [0.2, 0.25) is 0 Å². The van der Waals surface area contributed by atoms with Crippen molar-refractivity contribution in [1.29, 1.82) is 0 Å². The normalized spacial score (nSPS) is 10.3. The third kappa shape index (κ3) is 5.19. The van der Waals surface area contributed by atoms with Crippen LogP contribution < -0.4 is 0 Å². The fraction of sp³-hybridized carbons (Fsp3) is 0.417. The second kappa shape index (κ2) is 7.30. The van der Waals surface area contributed by atoms with Crippen LogP contribution in [0.4, 0.5) is 0 Å². The molecule has 0 aliphatic heterocycles. The van der Waals surface area contributed by atoms with Gasteiger partial charge >= 0.3 is 5.97 Å². The summed E-state index contributed by atoms with van der Waals surface area (Å²) >= 11 is 1.72. The number of thioether (sulfide) groups is 1. The highest BCUT2D eigenvalue weighted by atomic mass is 32.2. The lowest BCUT2D eigenvalue weighted by Gasteiger charge is -2.03. The van der Waals surface area contributed by atoms with Crippen LogP contribution in [0.25, 0.3) is 0 Å². The number of carboxylic acid groups (broad SMARTS) is 1. The zero-order valence-corrected chi connectivity index (χ0v) is 10.1. The zero-order valence-electron chi connectivity index (χ0n) is 9.31. The van der Waals surface area contributed by atoms with E-state index in [1.807, 2.05) is 31.2 Å². The summed E-state index contributed by atoms with van der Waals surface area (Å²) in [6.07, 6.45) is 0.0872. The molecule has 1 N–H and O–H groups in total. The van der Waals surface area contributed by atoms with E-state index in [0.717, 1.165) is 29.4 Å². The lowest BCUT2D eigenvalue weighted by molar-refractivity contribution is -0.136. The molecule has 0 atom stereocenters. The van der Waals surface area contributed by atoms with Gasteiger partial charge in [-0.15, -0.1) is 11.8 Å². The summed E-state index contributed by atoms with van der Waals surface area (Å²) in [6, 6.07) is 7.62. The van der Waals surface area contributed by atoms with Crippen molar-refractivity contribution in [3.8, 4) is 0 Å². The van der Waals surface area contributed by atoms with Crippen molar-refractivity contribution in [3.63, 3.8) is 0 Å². The minimum absolute atomic E-state index is 0.0872. The summed E-state index contributed by atoms with van der Waals surface area (Å²) < 4.78 is 5.23. The fourth-order valence-electron chi connectivity index (χ4n) is 1.24. The maximum atomic E-state index is 10.5. The summed E-state index contributed by atoms with van der Waals surface area (Å²) in [5.74, 6) is 0.128. The van der Waals surface area contributed by atoms with Crippen LogP contribution in [-0.4, -0.2) is 30.0 Å². The first-order valence-corrected chi connectivity index (χ1v) is 6.22. The van der Waals surface area contributed by atoms with Crippen molar-refractivity contribution < 1.29 is 14.6 Å². The molecule has 16 heavy (non-hydrogen) atoms. The van der Waals surface area contributed by atoms with Crippen LogP contribution in [0.2, 0.25) is 0 Å². The Labute approximate surface area is 99.8 Å². The van der Waals surface area contributed by atoms with Gasteiger partial charge in [0, 0.05) is 17.3 Å². The topological polar surface area (TPSA) is 46.5 Å². The molecule has 0 bridgehead atoms. The van der Waals surface area contributed by atoms with E-state index in [1.165, 1.54) is 0 Å². The van der Waals surface area contributed by atoms with Crippen LogP contribution in [0.3, 0.4) is 0 Å². The summed E-state index contributed by atoms with van der Waals surface area (Å²) in [5.41, 5.74) is 0.835. The van der Waals surface area contributed by atoms with Gasteiger partial charge < -0.3 is 9.84 Å². The van der Waals surface area contributed by atoms with Gasteiger partial charge in [-0.05, 0) is 24.6 Å². The van der Waals surface area contributed by atoms with Gasteiger partial charge in [-0.1, -0.05) is 12.1 Å². The Morgan fingerprint density at radius 2 is 2.06 bits per heavy atom. The molecule has 0 spiro atoms. The van der Waals surface area contributed by atoms with E-state index in [0.29, 0.717) is 0 Å². The van der Waals surface area contributed by atoms with Crippen molar-refractivity contribution in [2.24, 2.45) is 0 Å². The van der Waals surface area contributed by atoms with Crippen LogP contribution >= 0.6 is 11.8 Å². The van der Waals surface area contributed by atoms with Crippen molar-refractivity contribution in [3.05, 3.63) is 29.8 Å². The number of benzene rings is 1. The molecule has 88 valence electrons. The Bertz CT molecular complexity index is 322. The molecule has 0 amide bonds. The lowest BCUT2D eigenvalue weighted by Crippen LogP contribution is -1.99. The largest absolute Gasteiger partial charge is 0.481 e. The minimum Gasteiger partial charge on any atom is -0.481 e. The molecule has 0 radical (unpaired) electrons. The molecule has 0 aliphatic rings. The Morgan fingerprint density at radius 1 is 1.38 bits per heavy atom. The lowest BCUT2D eigenvalue weighted by atomic mass is 10.2. The summed E-state index contributed by atoms with van der Waals surface area (Å²) in [6.45, 7) is 3.47. The van der Waals surface area contributed by atoms with Gasteiger partial charge in [-0.3, -0.25) is 4.79 Å². The number of carbonyl (C=O) groups is 1. The van der Waals surface area contributed by atoms with E-state index in [-0.39, 0.29) is 6.42 Å². The Kier molecular flexibility index (Phi) is 5.96. The van der Waals surface area contributed by atoms with Crippen LogP contribution in [0, 0.1) is 0 Å². The Hall–Kier alpha value is -1.00. The highest BCUT2D eigenvalue weighted by Crippen LogP contribution is 2.18. The smallest absolute Gasteiger partial charge is 0.307 e. The Morgan fingerprint density at radius 3 is 2.62 bits per heavy atom. The van der Waals surface area contributed by atoms with Gasteiger partial charge in [0.1, 0.15) is 0 Å². The first kappa shape index (κ1) is 13.1. The highest BCUT2D eigenvalue weighted by molar-refractivity contribution is 7.99. The van der Waals surface area contributed by atoms with Gasteiger partial charge in [-0.2, -0.15) is 0 Å². The quantitative estimate of drug-likeness (QED) is 0.587. The maximum absolute atomic E-state index is 10.5. The van der Waals surface area contributed by atoms with Crippen molar-refractivity contribution in [2.75, 3.05) is 19.0 Å². The first-order chi connectivity index (χ1) is 7.72. The molecule has 4 heteroatoms. The van der Waals surface area contributed by atoms with Crippen LogP contribution in [0.1, 0.15) is 12.5 Å². The number of rotatable bonds is 7. The van der Waals surface area contributed by atoms with E-state index in [9.17, 15) is 4.79 Å². The van der Waals surface area contributed by atoms with Crippen molar-refractivity contribution >= 4 is 17.7 Å². The molecule has 0 saturated heterocycles. The first-order valence-electron chi connectivity index (χ1n) is 5.23. The van der Waals surface area contributed by atoms with E-state index < -0.39 is 5.97 Å². The van der Waals surface area contributed by atoms with Crippen molar-refractivity contribution in [1.82, 2.24) is 0 Å². The zero-order chi connectivity index (χ0) is 11.8. The molecular weight excluding hydrogens is 224 g/mol. The highest BCUT2D eigenvalue weighted by Gasteiger charge is 2.00. The molecule has 0 aromatic heterocycles. The van der Waals surface area contributed by atoms with Crippen LogP contribution in [0.15, 0.2) is 29.2 Å². The van der Waals surface area contributed by atoms with Crippen LogP contribution in [-0.2, 0) is 16.0 Å². The molecule has 1 rings (SSSR count). The third-order valence-corrected chi connectivity index (χ3v) is 2.96. The predicted octanol–water partition coefficient (Wildman–Crippen LogP) is 2.44. The molecule has 1 aromatic carbocycles. The monoisotopic (exact) mass is 240 g/mol. The van der Waals surface area contributed by atoms with Gasteiger partial charge in [-0.25, -0.2) is 0 Å². The number of ether oxygens (including phenoxy) is 1. The van der Waals surface area contributed by atoms with E-state index in [4.69, 9.17) is 9.84 Å².